The van der Waals surface area contributed by atoms with Crippen molar-refractivity contribution >= 4 is 29.1 Å². The first-order chi connectivity index (χ1) is 13.4. The molecule has 0 aliphatic carbocycles. The van der Waals surface area contributed by atoms with Gasteiger partial charge in [0.2, 0.25) is 0 Å². The highest BCUT2D eigenvalue weighted by Crippen LogP contribution is 2.37. The molecule has 0 unspecified atom stereocenters. The van der Waals surface area contributed by atoms with Crippen LogP contribution in [0.15, 0.2) is 24.4 Å². The van der Waals surface area contributed by atoms with Gasteiger partial charge in [0, 0.05) is 31.9 Å². The third kappa shape index (κ3) is 4.07. The zero-order valence-corrected chi connectivity index (χ0v) is 16.7. The van der Waals surface area contributed by atoms with E-state index in [1.54, 1.807) is 40.9 Å². The van der Waals surface area contributed by atoms with Gasteiger partial charge in [-0.15, -0.1) is 0 Å². The van der Waals surface area contributed by atoms with Crippen LogP contribution >= 0.6 is 11.6 Å². The third-order valence-electron chi connectivity index (χ3n) is 4.48. The summed E-state index contributed by atoms with van der Waals surface area (Å²) in [5.74, 6) is 0.129. The monoisotopic (exact) mass is 407 g/mol. The number of halogens is 1. The second-order valence-electron chi connectivity index (χ2n) is 6.27. The van der Waals surface area contributed by atoms with Crippen molar-refractivity contribution in [2.45, 2.75) is 0 Å². The molecule has 1 saturated heterocycles. The van der Waals surface area contributed by atoms with Gasteiger partial charge in [0.1, 0.15) is 5.69 Å². The Morgan fingerprint density at radius 2 is 1.86 bits per heavy atom. The maximum absolute atomic E-state index is 12.9. The summed E-state index contributed by atoms with van der Waals surface area (Å²) in [6.07, 6.45) is 1.63. The van der Waals surface area contributed by atoms with Crippen molar-refractivity contribution in [3.05, 3.63) is 40.7 Å². The van der Waals surface area contributed by atoms with Crippen LogP contribution in [0.1, 0.15) is 20.8 Å². The van der Waals surface area contributed by atoms with Crippen molar-refractivity contribution < 1.29 is 23.8 Å². The Balaban J connectivity index is 1.95. The van der Waals surface area contributed by atoms with Gasteiger partial charge in [-0.1, -0.05) is 11.6 Å². The first-order valence-electron chi connectivity index (χ1n) is 8.71. The number of carbonyl (C=O) groups excluding carboxylic acids is 2. The standard InChI is InChI=1S/C19H22ClN3O5/c1-22-11-13(20)10-15(22)18(24)21-14-8-12(9-16(26-2)17(14)27-3)19(25)23-4-6-28-7-5-23/h8-11H,4-7H2,1-3H3,(H,21,24). The number of hydrogen-bond donors (Lipinski definition) is 1. The van der Waals surface area contributed by atoms with Crippen molar-refractivity contribution in [3.8, 4) is 11.5 Å². The van der Waals surface area contributed by atoms with E-state index in [-0.39, 0.29) is 11.8 Å². The van der Waals surface area contributed by atoms with E-state index in [1.165, 1.54) is 14.2 Å². The number of morpholine rings is 1. The summed E-state index contributed by atoms with van der Waals surface area (Å²) in [7, 11) is 4.66. The molecule has 0 saturated carbocycles. The summed E-state index contributed by atoms with van der Waals surface area (Å²) in [4.78, 5) is 27.3. The second-order valence-corrected chi connectivity index (χ2v) is 6.71. The number of hydrogen-bond acceptors (Lipinski definition) is 5. The minimum atomic E-state index is -0.384. The molecule has 0 spiro atoms. The molecule has 150 valence electrons. The van der Waals surface area contributed by atoms with Gasteiger partial charge in [-0.2, -0.15) is 0 Å². The van der Waals surface area contributed by atoms with Crippen LogP contribution in [0.2, 0.25) is 5.02 Å². The van der Waals surface area contributed by atoms with Crippen molar-refractivity contribution in [2.24, 2.45) is 7.05 Å². The molecule has 28 heavy (non-hydrogen) atoms. The van der Waals surface area contributed by atoms with E-state index < -0.39 is 0 Å². The van der Waals surface area contributed by atoms with Gasteiger partial charge in [0.15, 0.2) is 11.5 Å². The maximum Gasteiger partial charge on any atom is 0.272 e. The Bertz CT molecular complexity index is 890. The van der Waals surface area contributed by atoms with Gasteiger partial charge in [-0.3, -0.25) is 9.59 Å². The van der Waals surface area contributed by atoms with E-state index in [1.807, 2.05) is 0 Å². The Kier molecular flexibility index (Phi) is 6.11. The Morgan fingerprint density at radius 3 is 2.43 bits per heavy atom. The number of amides is 2. The van der Waals surface area contributed by atoms with Crippen LogP contribution in [-0.4, -0.2) is 61.8 Å². The lowest BCUT2D eigenvalue weighted by molar-refractivity contribution is 0.0302. The van der Waals surface area contributed by atoms with Gasteiger partial charge in [-0.05, 0) is 18.2 Å². The Hall–Kier alpha value is -2.71. The lowest BCUT2D eigenvalue weighted by Crippen LogP contribution is -2.40. The summed E-state index contributed by atoms with van der Waals surface area (Å²) in [6.45, 7) is 2.02. The summed E-state index contributed by atoms with van der Waals surface area (Å²) in [5, 5.41) is 3.24. The summed E-state index contributed by atoms with van der Waals surface area (Å²) >= 11 is 5.97. The number of methoxy groups -OCH3 is 2. The highest BCUT2D eigenvalue weighted by atomic mass is 35.5. The highest BCUT2D eigenvalue weighted by molar-refractivity contribution is 6.31. The van der Waals surface area contributed by atoms with E-state index >= 15 is 0 Å². The number of nitrogens with zero attached hydrogens (tertiary/aromatic N) is 2. The Morgan fingerprint density at radius 1 is 1.14 bits per heavy atom. The molecule has 1 aromatic heterocycles. The average molecular weight is 408 g/mol. The predicted molar refractivity (Wildman–Crippen MR) is 105 cm³/mol. The number of benzene rings is 1. The Labute approximate surface area is 167 Å². The number of aromatic nitrogens is 1. The predicted octanol–water partition coefficient (Wildman–Crippen LogP) is 2.42. The summed E-state index contributed by atoms with van der Waals surface area (Å²) in [6, 6.07) is 4.75. The van der Waals surface area contributed by atoms with Gasteiger partial charge in [0.05, 0.1) is 38.1 Å². The van der Waals surface area contributed by atoms with Gasteiger partial charge in [-0.25, -0.2) is 0 Å². The average Bonchev–Trinajstić information content (AvgIpc) is 3.05. The molecule has 1 aliphatic heterocycles. The minimum Gasteiger partial charge on any atom is -0.493 e. The molecule has 3 rings (SSSR count). The van der Waals surface area contributed by atoms with Gasteiger partial charge in [0.25, 0.3) is 11.8 Å². The van der Waals surface area contributed by atoms with Gasteiger partial charge >= 0.3 is 0 Å². The summed E-state index contributed by atoms with van der Waals surface area (Å²) < 4.78 is 17.7. The van der Waals surface area contributed by atoms with Gasteiger partial charge < -0.3 is 29.0 Å². The highest BCUT2D eigenvalue weighted by Gasteiger charge is 2.23. The SMILES string of the molecule is COc1cc(C(=O)N2CCOCC2)cc(NC(=O)c2cc(Cl)cn2C)c1OC. The molecule has 2 aromatic rings. The molecule has 0 bridgehead atoms. The molecule has 1 aliphatic rings. The summed E-state index contributed by atoms with van der Waals surface area (Å²) in [5.41, 5.74) is 1.09. The van der Waals surface area contributed by atoms with Crippen molar-refractivity contribution in [1.82, 2.24) is 9.47 Å². The molecule has 1 fully saturated rings. The van der Waals surface area contributed by atoms with Crippen LogP contribution in [0.3, 0.4) is 0 Å². The smallest absolute Gasteiger partial charge is 0.272 e. The quantitative estimate of drug-likeness (QED) is 0.823. The lowest BCUT2D eigenvalue weighted by Gasteiger charge is -2.27. The van der Waals surface area contributed by atoms with Crippen LogP contribution in [0.25, 0.3) is 0 Å². The zero-order valence-electron chi connectivity index (χ0n) is 16.0. The zero-order chi connectivity index (χ0) is 20.3. The number of carbonyl (C=O) groups is 2. The number of aryl methyl sites for hydroxylation is 1. The minimum absolute atomic E-state index is 0.165. The molecule has 8 nitrogen and oxygen atoms in total. The van der Waals surface area contributed by atoms with Crippen molar-refractivity contribution in [3.63, 3.8) is 0 Å². The second kappa shape index (κ2) is 8.53. The van der Waals surface area contributed by atoms with Crippen LogP contribution in [-0.2, 0) is 11.8 Å². The fourth-order valence-electron chi connectivity index (χ4n) is 3.07. The van der Waals surface area contributed by atoms with Crippen LogP contribution in [0.4, 0.5) is 5.69 Å². The van der Waals surface area contributed by atoms with E-state index in [2.05, 4.69) is 5.32 Å². The van der Waals surface area contributed by atoms with E-state index in [9.17, 15) is 9.59 Å². The van der Waals surface area contributed by atoms with Crippen LogP contribution in [0.5, 0.6) is 11.5 Å². The van der Waals surface area contributed by atoms with E-state index in [4.69, 9.17) is 25.8 Å². The molecular formula is C19H22ClN3O5. The molecule has 1 aromatic carbocycles. The first kappa shape index (κ1) is 20.0. The van der Waals surface area contributed by atoms with E-state index in [0.717, 1.165) is 0 Å². The normalized spacial score (nSPS) is 13.9. The van der Waals surface area contributed by atoms with Crippen LogP contribution < -0.4 is 14.8 Å². The molecule has 9 heteroatoms. The number of nitrogens with one attached hydrogen (secondary N) is 1. The first-order valence-corrected chi connectivity index (χ1v) is 9.08. The molecular weight excluding hydrogens is 386 g/mol. The van der Waals surface area contributed by atoms with Crippen LogP contribution in [0, 0.1) is 0 Å². The van der Waals surface area contributed by atoms with Crippen molar-refractivity contribution in [2.75, 3.05) is 45.8 Å². The fraction of sp³-hybridized carbons (Fsp3) is 0.368. The topological polar surface area (TPSA) is 82.0 Å². The molecule has 0 radical (unpaired) electrons. The molecule has 1 N–H and O–H groups in total. The number of anilines is 1. The number of rotatable bonds is 5. The maximum atomic E-state index is 12.9. The molecule has 2 heterocycles. The molecule has 0 atom stereocenters. The molecule has 2 amide bonds. The number of ether oxygens (including phenoxy) is 3. The van der Waals surface area contributed by atoms with E-state index in [0.29, 0.717) is 59.8 Å². The lowest BCUT2D eigenvalue weighted by atomic mass is 10.1. The fourth-order valence-corrected chi connectivity index (χ4v) is 3.32. The van der Waals surface area contributed by atoms with Crippen molar-refractivity contribution in [1.29, 1.82) is 0 Å². The largest absolute Gasteiger partial charge is 0.493 e. The third-order valence-corrected chi connectivity index (χ3v) is 4.68.